The fourth-order valence-electron chi connectivity index (χ4n) is 5.92. The maximum atomic E-state index is 15.1. The van der Waals surface area contributed by atoms with E-state index in [1.807, 2.05) is 24.0 Å². The first-order valence-electron chi connectivity index (χ1n) is 14.3. The molecule has 9 heteroatoms. The van der Waals surface area contributed by atoms with Crippen molar-refractivity contribution in [1.29, 1.82) is 0 Å². The molecule has 218 valence electrons. The number of carboxylic acids is 1. The fraction of sp³-hybridized carbons (Fsp3) is 0.438. The van der Waals surface area contributed by atoms with Crippen LogP contribution >= 0.6 is 0 Å². The molecule has 2 aliphatic rings. The van der Waals surface area contributed by atoms with Crippen LogP contribution in [0.4, 0.5) is 14.6 Å². The van der Waals surface area contributed by atoms with E-state index in [9.17, 15) is 19.4 Å². The number of hydrogen-bond donors (Lipinski definition) is 2. The van der Waals surface area contributed by atoms with Crippen molar-refractivity contribution in [3.8, 4) is 17.0 Å². The van der Waals surface area contributed by atoms with Crippen LogP contribution in [0, 0.1) is 24.5 Å². The second-order valence-corrected chi connectivity index (χ2v) is 11.1. The molecule has 41 heavy (non-hydrogen) atoms. The first-order valence-corrected chi connectivity index (χ1v) is 14.3. The second kappa shape index (κ2) is 13.0. The number of carbonyl (C=O) groups is 1. The van der Waals surface area contributed by atoms with Gasteiger partial charge in [-0.05, 0) is 86.5 Å². The van der Waals surface area contributed by atoms with Gasteiger partial charge in [0, 0.05) is 31.3 Å². The van der Waals surface area contributed by atoms with Gasteiger partial charge in [0.25, 0.3) is 0 Å². The van der Waals surface area contributed by atoms with Crippen molar-refractivity contribution in [2.45, 2.75) is 45.1 Å². The van der Waals surface area contributed by atoms with E-state index < -0.39 is 17.6 Å². The molecule has 2 N–H and O–H groups in total. The summed E-state index contributed by atoms with van der Waals surface area (Å²) < 4.78 is 35.5. The molecule has 0 bridgehead atoms. The molecule has 0 atom stereocenters. The van der Waals surface area contributed by atoms with Crippen LogP contribution in [0.1, 0.15) is 48.3 Å². The number of hydrogen-bond acceptors (Lipinski definition) is 6. The Hall–Kier alpha value is -3.56. The lowest BCUT2D eigenvalue weighted by Gasteiger charge is -2.32. The molecule has 0 saturated carbocycles. The minimum absolute atomic E-state index is 0.0552. The molecule has 1 aromatic heterocycles. The summed E-state index contributed by atoms with van der Waals surface area (Å²) >= 11 is 0. The van der Waals surface area contributed by atoms with Crippen molar-refractivity contribution >= 4 is 11.8 Å². The quantitative estimate of drug-likeness (QED) is 0.360. The molecule has 2 saturated heterocycles. The molecule has 2 aromatic carbocycles. The van der Waals surface area contributed by atoms with Crippen LogP contribution < -0.4 is 9.64 Å². The van der Waals surface area contributed by atoms with Gasteiger partial charge in [-0.3, -0.25) is 4.79 Å². The molecule has 0 amide bonds. The van der Waals surface area contributed by atoms with Crippen molar-refractivity contribution in [2.75, 3.05) is 44.2 Å². The van der Waals surface area contributed by atoms with E-state index in [4.69, 9.17) is 4.74 Å². The molecule has 0 radical (unpaired) electrons. The molecule has 2 aliphatic heterocycles. The van der Waals surface area contributed by atoms with Crippen LogP contribution in [0.5, 0.6) is 5.75 Å². The van der Waals surface area contributed by atoms with Gasteiger partial charge >= 0.3 is 5.97 Å². The zero-order valence-electron chi connectivity index (χ0n) is 23.4. The van der Waals surface area contributed by atoms with E-state index in [1.165, 1.54) is 11.6 Å². The van der Waals surface area contributed by atoms with Gasteiger partial charge in [0.1, 0.15) is 18.2 Å². The Morgan fingerprint density at radius 1 is 1.02 bits per heavy atom. The number of halogens is 2. The average molecular weight is 566 g/mol. The standard InChI is InChI=1S/C32H37F2N3O4/c1-21-17-24(22-7-11-36(12-8-22)15-16-38)5-6-25(21)20-41-31-27(18-26(33)19-28(31)34)29-3-2-4-30(35-29)37-13-9-23(10-14-37)32(39)40/h2-6,17-19,22-23,38H,7-16,20H2,1H3,(H,39,40). The summed E-state index contributed by atoms with van der Waals surface area (Å²) in [7, 11) is 0. The SMILES string of the molecule is Cc1cc(C2CCN(CCO)CC2)ccc1COc1c(F)cc(F)cc1-c1cccc(N2CCC(C(=O)O)CC2)n1. The number of aliphatic hydroxyl groups is 1. The number of carboxylic acid groups (broad SMARTS) is 1. The number of likely N-dealkylation sites (tertiary alicyclic amines) is 1. The number of pyridine rings is 1. The van der Waals surface area contributed by atoms with Crippen LogP contribution in [0.15, 0.2) is 48.5 Å². The summed E-state index contributed by atoms with van der Waals surface area (Å²) in [6.45, 7) is 6.08. The molecule has 2 fully saturated rings. The van der Waals surface area contributed by atoms with E-state index in [2.05, 4.69) is 22.0 Å². The average Bonchev–Trinajstić information content (AvgIpc) is 2.97. The number of ether oxygens (including phenoxy) is 1. The predicted molar refractivity (Wildman–Crippen MR) is 153 cm³/mol. The maximum Gasteiger partial charge on any atom is 0.306 e. The highest BCUT2D eigenvalue weighted by molar-refractivity contribution is 5.71. The third kappa shape index (κ3) is 6.85. The van der Waals surface area contributed by atoms with Crippen LogP contribution in [-0.4, -0.2) is 65.4 Å². The van der Waals surface area contributed by atoms with Crippen molar-refractivity contribution in [2.24, 2.45) is 5.92 Å². The molecule has 3 aromatic rings. The van der Waals surface area contributed by atoms with Crippen molar-refractivity contribution in [3.63, 3.8) is 0 Å². The Bertz CT molecular complexity index is 1370. The summed E-state index contributed by atoms with van der Waals surface area (Å²) in [6, 6.07) is 13.7. The molecule has 0 unspecified atom stereocenters. The van der Waals surface area contributed by atoms with Gasteiger partial charge in [-0.1, -0.05) is 24.3 Å². The summed E-state index contributed by atoms with van der Waals surface area (Å²) in [4.78, 5) is 20.3. The molecule has 0 aliphatic carbocycles. The van der Waals surface area contributed by atoms with Crippen molar-refractivity contribution < 1.29 is 28.5 Å². The normalized spacial score (nSPS) is 17.1. The number of rotatable bonds is 9. The number of aliphatic carboxylic acids is 1. The molecular formula is C32H37F2N3O4. The number of benzene rings is 2. The van der Waals surface area contributed by atoms with Crippen LogP contribution in [0.2, 0.25) is 0 Å². The monoisotopic (exact) mass is 565 g/mol. The minimum Gasteiger partial charge on any atom is -0.485 e. The zero-order chi connectivity index (χ0) is 28.9. The number of nitrogens with zero attached hydrogens (tertiary/aromatic N) is 3. The van der Waals surface area contributed by atoms with E-state index in [0.29, 0.717) is 43.4 Å². The van der Waals surface area contributed by atoms with Crippen LogP contribution in [0.25, 0.3) is 11.3 Å². The Labute approximate surface area is 239 Å². The largest absolute Gasteiger partial charge is 0.485 e. The van der Waals surface area contributed by atoms with E-state index in [1.54, 1.807) is 12.1 Å². The first kappa shape index (κ1) is 29.0. The molecule has 0 spiro atoms. The Kier molecular flexibility index (Phi) is 9.15. The highest BCUT2D eigenvalue weighted by Crippen LogP contribution is 2.35. The summed E-state index contributed by atoms with van der Waals surface area (Å²) in [5.41, 5.74) is 3.86. The lowest BCUT2D eigenvalue weighted by Crippen LogP contribution is -2.36. The van der Waals surface area contributed by atoms with Crippen molar-refractivity contribution in [1.82, 2.24) is 9.88 Å². The van der Waals surface area contributed by atoms with Gasteiger partial charge in [-0.2, -0.15) is 0 Å². The van der Waals surface area contributed by atoms with Gasteiger partial charge in [-0.25, -0.2) is 13.8 Å². The highest BCUT2D eigenvalue weighted by atomic mass is 19.1. The lowest BCUT2D eigenvalue weighted by atomic mass is 9.88. The predicted octanol–water partition coefficient (Wildman–Crippen LogP) is 5.39. The van der Waals surface area contributed by atoms with Crippen LogP contribution in [-0.2, 0) is 11.4 Å². The lowest BCUT2D eigenvalue weighted by molar-refractivity contribution is -0.142. The topological polar surface area (TPSA) is 86.1 Å². The number of aromatic nitrogens is 1. The summed E-state index contributed by atoms with van der Waals surface area (Å²) in [5.74, 6) is -1.62. The van der Waals surface area contributed by atoms with Crippen molar-refractivity contribution in [3.05, 3.63) is 76.9 Å². The number of β-amino-alcohol motifs (C(OH)–C–C–N with tert-alkyl or cyclic N) is 1. The van der Waals surface area contributed by atoms with Gasteiger partial charge in [0.05, 0.1) is 18.2 Å². The first-order chi connectivity index (χ1) is 19.8. The third-order valence-corrected chi connectivity index (χ3v) is 8.40. The van der Waals surface area contributed by atoms with Gasteiger partial charge in [-0.15, -0.1) is 0 Å². The molecule has 5 rings (SSSR count). The number of aliphatic hydroxyl groups excluding tert-OH is 1. The molecule has 3 heterocycles. The Balaban J connectivity index is 1.31. The van der Waals surface area contributed by atoms with Gasteiger partial charge in [0.15, 0.2) is 11.6 Å². The number of anilines is 1. The summed E-state index contributed by atoms with van der Waals surface area (Å²) in [5, 5.41) is 18.5. The Morgan fingerprint density at radius 3 is 2.46 bits per heavy atom. The Morgan fingerprint density at radius 2 is 1.78 bits per heavy atom. The highest BCUT2D eigenvalue weighted by Gasteiger charge is 2.26. The van der Waals surface area contributed by atoms with Gasteiger partial charge < -0.3 is 24.7 Å². The fourth-order valence-corrected chi connectivity index (χ4v) is 5.92. The number of piperidine rings is 2. The van der Waals surface area contributed by atoms with Crippen LogP contribution in [0.3, 0.4) is 0 Å². The van der Waals surface area contributed by atoms with E-state index >= 15 is 4.39 Å². The maximum absolute atomic E-state index is 15.1. The van der Waals surface area contributed by atoms with E-state index in [0.717, 1.165) is 49.7 Å². The smallest absolute Gasteiger partial charge is 0.306 e. The molecule has 7 nitrogen and oxygen atoms in total. The summed E-state index contributed by atoms with van der Waals surface area (Å²) in [6.07, 6.45) is 3.13. The van der Waals surface area contributed by atoms with E-state index in [-0.39, 0.29) is 30.4 Å². The number of aryl methyl sites for hydroxylation is 1. The zero-order valence-corrected chi connectivity index (χ0v) is 23.4. The van der Waals surface area contributed by atoms with Gasteiger partial charge in [0.2, 0.25) is 0 Å². The minimum atomic E-state index is -0.793. The second-order valence-electron chi connectivity index (χ2n) is 11.1. The third-order valence-electron chi connectivity index (χ3n) is 8.40. The molecular weight excluding hydrogens is 528 g/mol.